The van der Waals surface area contributed by atoms with Gasteiger partial charge in [-0.25, -0.2) is 0 Å². The summed E-state index contributed by atoms with van der Waals surface area (Å²) in [5, 5.41) is 12.9. The SMILES string of the molecule is Cc1ccncc1-c1noc(-c2ccccc2CC#N)n1. The maximum absolute atomic E-state index is 8.89. The van der Waals surface area contributed by atoms with Crippen molar-refractivity contribution in [2.24, 2.45) is 0 Å². The van der Waals surface area contributed by atoms with Crippen LogP contribution in [0.5, 0.6) is 0 Å². The highest BCUT2D eigenvalue weighted by Crippen LogP contribution is 2.26. The first-order valence-electron chi connectivity index (χ1n) is 6.49. The summed E-state index contributed by atoms with van der Waals surface area (Å²) in [5.41, 5.74) is 3.53. The number of pyridine rings is 1. The van der Waals surface area contributed by atoms with Crippen LogP contribution in [-0.2, 0) is 6.42 Å². The lowest BCUT2D eigenvalue weighted by Gasteiger charge is -2.00. The Labute approximate surface area is 121 Å². The van der Waals surface area contributed by atoms with Crippen LogP contribution in [0, 0.1) is 18.3 Å². The molecule has 5 nitrogen and oxygen atoms in total. The molecule has 102 valence electrons. The minimum atomic E-state index is 0.305. The van der Waals surface area contributed by atoms with Crippen LogP contribution < -0.4 is 0 Å². The Morgan fingerprint density at radius 1 is 1.19 bits per heavy atom. The van der Waals surface area contributed by atoms with Crippen LogP contribution in [0.1, 0.15) is 11.1 Å². The topological polar surface area (TPSA) is 75.6 Å². The average molecular weight is 276 g/mol. The molecule has 0 spiro atoms. The number of hydrogen-bond acceptors (Lipinski definition) is 5. The molecular formula is C16H12N4O. The molecule has 0 unspecified atom stereocenters. The fourth-order valence-corrected chi connectivity index (χ4v) is 2.11. The van der Waals surface area contributed by atoms with E-state index in [1.54, 1.807) is 12.4 Å². The second-order valence-corrected chi connectivity index (χ2v) is 4.61. The van der Waals surface area contributed by atoms with E-state index in [4.69, 9.17) is 9.78 Å². The molecular weight excluding hydrogens is 264 g/mol. The lowest BCUT2D eigenvalue weighted by molar-refractivity contribution is 0.432. The van der Waals surface area contributed by atoms with E-state index in [9.17, 15) is 0 Å². The van der Waals surface area contributed by atoms with Crippen LogP contribution in [0.3, 0.4) is 0 Å². The predicted molar refractivity (Wildman–Crippen MR) is 77.0 cm³/mol. The maximum atomic E-state index is 8.89. The zero-order chi connectivity index (χ0) is 14.7. The first-order valence-corrected chi connectivity index (χ1v) is 6.49. The van der Waals surface area contributed by atoms with Crippen LogP contribution in [0.2, 0.25) is 0 Å². The highest BCUT2D eigenvalue weighted by atomic mass is 16.5. The number of nitrogens with zero attached hydrogens (tertiary/aromatic N) is 4. The van der Waals surface area contributed by atoms with Crippen LogP contribution in [0.15, 0.2) is 47.2 Å². The molecule has 0 saturated carbocycles. The normalized spacial score (nSPS) is 10.3. The summed E-state index contributed by atoms with van der Waals surface area (Å²) in [7, 11) is 0. The number of nitriles is 1. The first-order chi connectivity index (χ1) is 10.3. The molecule has 0 aliphatic carbocycles. The van der Waals surface area contributed by atoms with E-state index in [1.807, 2.05) is 37.3 Å². The summed E-state index contributed by atoms with van der Waals surface area (Å²) in [6.07, 6.45) is 3.74. The highest BCUT2D eigenvalue weighted by molar-refractivity contribution is 5.64. The van der Waals surface area contributed by atoms with E-state index >= 15 is 0 Å². The Kier molecular flexibility index (Phi) is 3.44. The lowest BCUT2D eigenvalue weighted by Crippen LogP contribution is -1.89. The standard InChI is InChI=1S/C16H12N4O/c1-11-7-9-18-10-14(11)15-19-16(21-20-15)13-5-3-2-4-12(13)6-8-17/h2-5,7,9-10H,6H2,1H3. The van der Waals surface area contributed by atoms with E-state index in [0.29, 0.717) is 18.1 Å². The Bertz CT molecular complexity index is 817. The molecule has 0 radical (unpaired) electrons. The van der Waals surface area contributed by atoms with Crippen LogP contribution >= 0.6 is 0 Å². The van der Waals surface area contributed by atoms with Crippen molar-refractivity contribution in [3.8, 4) is 28.9 Å². The first kappa shape index (κ1) is 13.0. The molecule has 0 aliphatic heterocycles. The molecule has 2 aromatic heterocycles. The van der Waals surface area contributed by atoms with Crippen LogP contribution in [0.25, 0.3) is 22.8 Å². The van der Waals surface area contributed by atoms with Crippen molar-refractivity contribution < 1.29 is 4.52 Å². The fraction of sp³-hybridized carbons (Fsp3) is 0.125. The van der Waals surface area contributed by atoms with Gasteiger partial charge in [0.25, 0.3) is 5.89 Å². The zero-order valence-corrected chi connectivity index (χ0v) is 11.4. The third-order valence-corrected chi connectivity index (χ3v) is 3.22. The quantitative estimate of drug-likeness (QED) is 0.734. The van der Waals surface area contributed by atoms with Gasteiger partial charge in [-0.1, -0.05) is 23.4 Å². The van der Waals surface area contributed by atoms with Gasteiger partial charge < -0.3 is 4.52 Å². The third kappa shape index (κ3) is 2.51. The van der Waals surface area contributed by atoms with E-state index in [-0.39, 0.29) is 0 Å². The Morgan fingerprint density at radius 3 is 2.86 bits per heavy atom. The molecule has 0 N–H and O–H groups in total. The number of aromatic nitrogens is 3. The van der Waals surface area contributed by atoms with Gasteiger partial charge in [-0.2, -0.15) is 10.2 Å². The minimum Gasteiger partial charge on any atom is -0.334 e. The van der Waals surface area contributed by atoms with Gasteiger partial charge in [-0.05, 0) is 30.2 Å². The van der Waals surface area contributed by atoms with Gasteiger partial charge in [-0.15, -0.1) is 0 Å². The summed E-state index contributed by atoms with van der Waals surface area (Å²) < 4.78 is 5.35. The summed E-state index contributed by atoms with van der Waals surface area (Å²) in [6.45, 7) is 1.97. The van der Waals surface area contributed by atoms with Crippen molar-refractivity contribution in [2.75, 3.05) is 0 Å². The number of aryl methyl sites for hydroxylation is 1. The largest absolute Gasteiger partial charge is 0.334 e. The molecule has 0 aliphatic rings. The molecule has 0 saturated heterocycles. The molecule has 0 bridgehead atoms. The van der Waals surface area contributed by atoms with E-state index in [0.717, 1.165) is 22.3 Å². The van der Waals surface area contributed by atoms with Crippen LogP contribution in [-0.4, -0.2) is 15.1 Å². The molecule has 21 heavy (non-hydrogen) atoms. The van der Waals surface area contributed by atoms with E-state index in [1.165, 1.54) is 0 Å². The maximum Gasteiger partial charge on any atom is 0.258 e. The van der Waals surface area contributed by atoms with Gasteiger partial charge in [0.1, 0.15) is 0 Å². The Morgan fingerprint density at radius 2 is 2.05 bits per heavy atom. The predicted octanol–water partition coefficient (Wildman–Crippen LogP) is 3.17. The monoisotopic (exact) mass is 276 g/mol. The second-order valence-electron chi connectivity index (χ2n) is 4.61. The van der Waals surface area contributed by atoms with Crippen molar-refractivity contribution >= 4 is 0 Å². The molecule has 1 aromatic carbocycles. The molecule has 0 fully saturated rings. The summed E-state index contributed by atoms with van der Waals surface area (Å²) >= 11 is 0. The number of benzene rings is 1. The van der Waals surface area contributed by atoms with Crippen molar-refractivity contribution in [3.05, 3.63) is 53.9 Å². The van der Waals surface area contributed by atoms with Crippen molar-refractivity contribution in [1.29, 1.82) is 5.26 Å². The third-order valence-electron chi connectivity index (χ3n) is 3.22. The molecule has 0 atom stereocenters. The van der Waals surface area contributed by atoms with E-state index < -0.39 is 0 Å². The summed E-state index contributed by atoms with van der Waals surface area (Å²) in [4.78, 5) is 8.51. The molecule has 0 amide bonds. The smallest absolute Gasteiger partial charge is 0.258 e. The number of rotatable bonds is 3. The summed E-state index contributed by atoms with van der Waals surface area (Å²) in [5.74, 6) is 0.918. The van der Waals surface area contributed by atoms with Gasteiger partial charge in [-0.3, -0.25) is 4.98 Å². The minimum absolute atomic E-state index is 0.305. The van der Waals surface area contributed by atoms with Gasteiger partial charge in [0, 0.05) is 23.5 Å². The molecule has 2 heterocycles. The number of hydrogen-bond donors (Lipinski definition) is 0. The lowest BCUT2D eigenvalue weighted by atomic mass is 10.1. The van der Waals surface area contributed by atoms with Gasteiger partial charge in [0.05, 0.1) is 12.5 Å². The van der Waals surface area contributed by atoms with Crippen molar-refractivity contribution in [1.82, 2.24) is 15.1 Å². The van der Waals surface area contributed by atoms with E-state index in [2.05, 4.69) is 21.2 Å². The second kappa shape index (κ2) is 5.55. The Hall–Kier alpha value is -3.00. The van der Waals surface area contributed by atoms with Gasteiger partial charge in [0.15, 0.2) is 0 Å². The van der Waals surface area contributed by atoms with Gasteiger partial charge in [0.2, 0.25) is 5.82 Å². The van der Waals surface area contributed by atoms with Crippen molar-refractivity contribution in [2.45, 2.75) is 13.3 Å². The van der Waals surface area contributed by atoms with Gasteiger partial charge >= 0.3 is 0 Å². The molecule has 3 rings (SSSR count). The highest BCUT2D eigenvalue weighted by Gasteiger charge is 2.14. The van der Waals surface area contributed by atoms with Crippen LogP contribution in [0.4, 0.5) is 0 Å². The zero-order valence-electron chi connectivity index (χ0n) is 11.4. The average Bonchev–Trinajstić information content (AvgIpc) is 2.98. The van der Waals surface area contributed by atoms with Crippen molar-refractivity contribution in [3.63, 3.8) is 0 Å². The Balaban J connectivity index is 2.04. The molecule has 3 aromatic rings. The molecule has 5 heteroatoms. The fourth-order valence-electron chi connectivity index (χ4n) is 2.11. The summed E-state index contributed by atoms with van der Waals surface area (Å²) in [6, 6.07) is 11.6.